The molecular formula is C19H24N8O. The van der Waals surface area contributed by atoms with Crippen molar-refractivity contribution in [1.29, 1.82) is 5.26 Å². The summed E-state index contributed by atoms with van der Waals surface area (Å²) in [6.45, 7) is 6.81. The standard InChI is InChI=1S/C19H24N8O/c1-3-27-17(11-21-24-27)18(28)26-7-4-5-14-12-25(8-6-16(14)26)19-22-13(2)9-15(10-20)23-19/h9,11,14,16H,3-8,12H2,1-2H3. The second-order valence-electron chi connectivity index (χ2n) is 7.44. The molecule has 2 aliphatic rings. The highest BCUT2D eigenvalue weighted by molar-refractivity contribution is 5.92. The van der Waals surface area contributed by atoms with Crippen LogP contribution in [0, 0.1) is 24.2 Å². The van der Waals surface area contributed by atoms with Crippen molar-refractivity contribution in [2.75, 3.05) is 24.5 Å². The Morgan fingerprint density at radius 2 is 2.18 bits per heavy atom. The lowest BCUT2D eigenvalue weighted by atomic mass is 9.83. The van der Waals surface area contributed by atoms with Crippen LogP contribution in [-0.4, -0.2) is 61.4 Å². The Bertz CT molecular complexity index is 917. The Morgan fingerprint density at radius 1 is 1.32 bits per heavy atom. The molecular weight excluding hydrogens is 356 g/mol. The maximum Gasteiger partial charge on any atom is 0.274 e. The smallest absolute Gasteiger partial charge is 0.274 e. The number of amides is 1. The molecule has 0 bridgehead atoms. The molecule has 9 heteroatoms. The van der Waals surface area contributed by atoms with E-state index in [4.69, 9.17) is 0 Å². The molecule has 0 saturated carbocycles. The van der Waals surface area contributed by atoms with Crippen LogP contribution in [0.3, 0.4) is 0 Å². The molecule has 4 rings (SSSR count). The molecule has 2 saturated heterocycles. The second kappa shape index (κ2) is 7.54. The van der Waals surface area contributed by atoms with Gasteiger partial charge >= 0.3 is 0 Å². The molecule has 2 unspecified atom stereocenters. The van der Waals surface area contributed by atoms with Crippen molar-refractivity contribution in [3.8, 4) is 6.07 Å². The molecule has 1 amide bonds. The number of carbonyl (C=O) groups excluding carboxylic acids is 1. The quantitative estimate of drug-likeness (QED) is 0.793. The Morgan fingerprint density at radius 3 is 2.96 bits per heavy atom. The van der Waals surface area contributed by atoms with Crippen LogP contribution < -0.4 is 4.90 Å². The maximum atomic E-state index is 13.1. The topological polar surface area (TPSA) is 104 Å². The van der Waals surface area contributed by atoms with Crippen LogP contribution in [0.15, 0.2) is 12.3 Å². The van der Waals surface area contributed by atoms with Gasteiger partial charge in [0.2, 0.25) is 5.95 Å². The molecule has 28 heavy (non-hydrogen) atoms. The summed E-state index contributed by atoms with van der Waals surface area (Å²) in [5.41, 5.74) is 1.75. The first kappa shape index (κ1) is 18.3. The van der Waals surface area contributed by atoms with E-state index in [1.54, 1.807) is 16.9 Å². The molecule has 2 aliphatic heterocycles. The van der Waals surface area contributed by atoms with E-state index in [0.29, 0.717) is 29.8 Å². The zero-order valence-corrected chi connectivity index (χ0v) is 16.2. The van der Waals surface area contributed by atoms with E-state index in [0.717, 1.165) is 44.6 Å². The lowest BCUT2D eigenvalue weighted by molar-refractivity contribution is 0.0436. The predicted molar refractivity (Wildman–Crippen MR) is 102 cm³/mol. The van der Waals surface area contributed by atoms with Crippen LogP contribution in [0.4, 0.5) is 5.95 Å². The molecule has 9 nitrogen and oxygen atoms in total. The van der Waals surface area contributed by atoms with Gasteiger partial charge in [-0.15, -0.1) is 5.10 Å². The highest BCUT2D eigenvalue weighted by Gasteiger charge is 2.39. The van der Waals surface area contributed by atoms with Crippen LogP contribution in [-0.2, 0) is 6.54 Å². The number of piperidine rings is 2. The van der Waals surface area contributed by atoms with Gasteiger partial charge in [0, 0.05) is 37.9 Å². The van der Waals surface area contributed by atoms with Crippen molar-refractivity contribution in [2.45, 2.75) is 45.7 Å². The lowest BCUT2D eigenvalue weighted by Crippen LogP contribution is -2.56. The van der Waals surface area contributed by atoms with Gasteiger partial charge in [0.1, 0.15) is 17.5 Å². The largest absolute Gasteiger partial charge is 0.340 e. The third-order valence-corrected chi connectivity index (χ3v) is 5.71. The predicted octanol–water partition coefficient (Wildman–Crippen LogP) is 1.40. The van der Waals surface area contributed by atoms with Gasteiger partial charge in [0.15, 0.2) is 0 Å². The first-order chi connectivity index (χ1) is 13.6. The Hall–Kier alpha value is -3.02. The number of aryl methyl sites for hydroxylation is 2. The van der Waals surface area contributed by atoms with Gasteiger partial charge in [0.05, 0.1) is 6.20 Å². The minimum atomic E-state index is 0.0218. The maximum absolute atomic E-state index is 13.1. The van der Waals surface area contributed by atoms with Gasteiger partial charge in [-0.25, -0.2) is 14.6 Å². The number of aromatic nitrogens is 5. The lowest BCUT2D eigenvalue weighted by Gasteiger charge is -2.47. The highest BCUT2D eigenvalue weighted by atomic mass is 16.2. The first-order valence-electron chi connectivity index (χ1n) is 9.81. The summed E-state index contributed by atoms with van der Waals surface area (Å²) in [6, 6.07) is 4.01. The molecule has 2 atom stereocenters. The number of hydrogen-bond acceptors (Lipinski definition) is 7. The Labute approximate surface area is 164 Å². The van der Waals surface area contributed by atoms with Gasteiger partial charge in [0.25, 0.3) is 5.91 Å². The molecule has 4 heterocycles. The van der Waals surface area contributed by atoms with E-state index in [1.165, 1.54) is 0 Å². The van der Waals surface area contributed by atoms with Crippen molar-refractivity contribution in [3.63, 3.8) is 0 Å². The molecule has 0 N–H and O–H groups in total. The summed E-state index contributed by atoms with van der Waals surface area (Å²) in [5.74, 6) is 1.01. The number of anilines is 1. The summed E-state index contributed by atoms with van der Waals surface area (Å²) in [4.78, 5) is 26.2. The molecule has 146 valence electrons. The Kier molecular flexibility index (Phi) is 4.94. The molecule has 0 spiro atoms. The molecule has 2 fully saturated rings. The van der Waals surface area contributed by atoms with E-state index in [9.17, 15) is 10.1 Å². The molecule has 2 aromatic rings. The van der Waals surface area contributed by atoms with Crippen LogP contribution in [0.5, 0.6) is 0 Å². The fourth-order valence-electron chi connectivity index (χ4n) is 4.39. The Balaban J connectivity index is 1.52. The molecule has 2 aromatic heterocycles. The number of carbonyl (C=O) groups is 1. The second-order valence-corrected chi connectivity index (χ2v) is 7.44. The zero-order valence-electron chi connectivity index (χ0n) is 16.2. The highest BCUT2D eigenvalue weighted by Crippen LogP contribution is 2.32. The van der Waals surface area contributed by atoms with E-state index in [2.05, 4.69) is 31.2 Å². The van der Waals surface area contributed by atoms with Gasteiger partial charge in [-0.2, -0.15) is 5.26 Å². The average molecular weight is 380 g/mol. The number of likely N-dealkylation sites (tertiary alicyclic amines) is 1. The third kappa shape index (κ3) is 3.30. The van der Waals surface area contributed by atoms with E-state index >= 15 is 0 Å². The van der Waals surface area contributed by atoms with Gasteiger partial charge < -0.3 is 9.80 Å². The molecule has 0 radical (unpaired) electrons. The fraction of sp³-hybridized carbons (Fsp3) is 0.579. The van der Waals surface area contributed by atoms with Crippen molar-refractivity contribution in [3.05, 3.63) is 29.3 Å². The SMILES string of the molecule is CCn1nncc1C(=O)N1CCCC2CN(c3nc(C)cc(C#N)n3)CCC21. The number of nitriles is 1. The number of rotatable bonds is 3. The van der Waals surface area contributed by atoms with Crippen LogP contribution in [0.25, 0.3) is 0 Å². The van der Waals surface area contributed by atoms with Crippen LogP contribution in [0.2, 0.25) is 0 Å². The summed E-state index contributed by atoms with van der Waals surface area (Å²) in [6.07, 6.45) is 4.48. The summed E-state index contributed by atoms with van der Waals surface area (Å²) >= 11 is 0. The summed E-state index contributed by atoms with van der Waals surface area (Å²) in [7, 11) is 0. The van der Waals surface area contributed by atoms with Gasteiger partial charge in [-0.05, 0) is 45.1 Å². The number of fused-ring (bicyclic) bond motifs is 1. The van der Waals surface area contributed by atoms with Crippen molar-refractivity contribution in [2.24, 2.45) is 5.92 Å². The minimum Gasteiger partial charge on any atom is -0.340 e. The number of nitrogens with zero attached hydrogens (tertiary/aromatic N) is 8. The van der Waals surface area contributed by atoms with Crippen molar-refractivity contribution < 1.29 is 4.79 Å². The normalized spacial score (nSPS) is 21.9. The van der Waals surface area contributed by atoms with Gasteiger partial charge in [-0.1, -0.05) is 5.21 Å². The van der Waals surface area contributed by atoms with E-state index < -0.39 is 0 Å². The zero-order chi connectivity index (χ0) is 19.7. The first-order valence-corrected chi connectivity index (χ1v) is 9.81. The van der Waals surface area contributed by atoms with Gasteiger partial charge in [-0.3, -0.25) is 4.79 Å². The average Bonchev–Trinajstić information content (AvgIpc) is 3.20. The minimum absolute atomic E-state index is 0.0218. The monoisotopic (exact) mass is 380 g/mol. The summed E-state index contributed by atoms with van der Waals surface area (Å²) < 4.78 is 1.66. The molecule has 0 aromatic carbocycles. The third-order valence-electron chi connectivity index (χ3n) is 5.71. The van der Waals surface area contributed by atoms with Crippen LogP contribution >= 0.6 is 0 Å². The molecule has 0 aliphatic carbocycles. The number of hydrogen-bond donors (Lipinski definition) is 0. The van der Waals surface area contributed by atoms with E-state index in [-0.39, 0.29) is 11.9 Å². The van der Waals surface area contributed by atoms with Crippen molar-refractivity contribution in [1.82, 2.24) is 29.9 Å². The van der Waals surface area contributed by atoms with E-state index in [1.807, 2.05) is 18.7 Å². The van der Waals surface area contributed by atoms with Crippen LogP contribution in [0.1, 0.15) is 48.1 Å². The fourth-order valence-corrected chi connectivity index (χ4v) is 4.39. The van der Waals surface area contributed by atoms with Crippen molar-refractivity contribution >= 4 is 11.9 Å². The summed E-state index contributed by atoms with van der Waals surface area (Å²) in [5, 5.41) is 17.1.